The van der Waals surface area contributed by atoms with Crippen molar-refractivity contribution in [3.05, 3.63) is 29.1 Å². The fourth-order valence-corrected chi connectivity index (χ4v) is 0.931. The number of hydrogen-bond acceptors (Lipinski definition) is 2. The summed E-state index contributed by atoms with van der Waals surface area (Å²) in [5.74, 6) is 0. The Balaban J connectivity index is 3.07. The SMILES string of the molecule is Cc1ccc(CN)c(C)n1. The van der Waals surface area contributed by atoms with Gasteiger partial charge in [0.15, 0.2) is 0 Å². The molecule has 0 aliphatic rings. The van der Waals surface area contributed by atoms with Gasteiger partial charge in [-0.3, -0.25) is 4.98 Å². The number of aryl methyl sites for hydroxylation is 2. The van der Waals surface area contributed by atoms with Gasteiger partial charge in [-0.1, -0.05) is 6.07 Å². The van der Waals surface area contributed by atoms with Crippen LogP contribution in [0.5, 0.6) is 0 Å². The van der Waals surface area contributed by atoms with E-state index in [1.54, 1.807) is 0 Å². The van der Waals surface area contributed by atoms with Crippen molar-refractivity contribution < 1.29 is 0 Å². The minimum atomic E-state index is 0.582. The van der Waals surface area contributed by atoms with E-state index in [9.17, 15) is 0 Å². The van der Waals surface area contributed by atoms with E-state index < -0.39 is 0 Å². The minimum Gasteiger partial charge on any atom is -0.326 e. The van der Waals surface area contributed by atoms with Crippen LogP contribution in [-0.4, -0.2) is 4.98 Å². The Labute approximate surface area is 61.1 Å². The van der Waals surface area contributed by atoms with Crippen LogP contribution >= 0.6 is 0 Å². The summed E-state index contributed by atoms with van der Waals surface area (Å²) < 4.78 is 0. The number of pyridine rings is 1. The van der Waals surface area contributed by atoms with E-state index in [2.05, 4.69) is 4.98 Å². The van der Waals surface area contributed by atoms with Gasteiger partial charge in [0.1, 0.15) is 0 Å². The first-order valence-electron chi connectivity index (χ1n) is 3.37. The van der Waals surface area contributed by atoms with Crippen molar-refractivity contribution in [3.63, 3.8) is 0 Å². The van der Waals surface area contributed by atoms with Crippen LogP contribution in [0.4, 0.5) is 0 Å². The lowest BCUT2D eigenvalue weighted by atomic mass is 10.2. The summed E-state index contributed by atoms with van der Waals surface area (Å²) in [5.41, 5.74) is 8.69. The van der Waals surface area contributed by atoms with Crippen LogP contribution in [0.1, 0.15) is 17.0 Å². The topological polar surface area (TPSA) is 38.9 Å². The summed E-state index contributed by atoms with van der Waals surface area (Å²) >= 11 is 0. The molecular weight excluding hydrogens is 124 g/mol. The Morgan fingerprint density at radius 1 is 1.40 bits per heavy atom. The normalized spacial score (nSPS) is 9.90. The molecule has 0 bridgehead atoms. The third kappa shape index (κ3) is 1.33. The summed E-state index contributed by atoms with van der Waals surface area (Å²) in [4.78, 5) is 4.26. The van der Waals surface area contributed by atoms with Gasteiger partial charge in [0, 0.05) is 17.9 Å². The predicted molar refractivity (Wildman–Crippen MR) is 41.6 cm³/mol. The lowest BCUT2D eigenvalue weighted by Gasteiger charge is -2.01. The molecule has 0 fully saturated rings. The van der Waals surface area contributed by atoms with Crippen LogP contribution in [0.15, 0.2) is 12.1 Å². The highest BCUT2D eigenvalue weighted by Crippen LogP contribution is 2.04. The van der Waals surface area contributed by atoms with Crippen molar-refractivity contribution in [1.29, 1.82) is 0 Å². The highest BCUT2D eigenvalue weighted by molar-refractivity contribution is 5.20. The molecule has 0 saturated heterocycles. The van der Waals surface area contributed by atoms with Crippen LogP contribution in [-0.2, 0) is 6.54 Å². The molecule has 0 saturated carbocycles. The van der Waals surface area contributed by atoms with Gasteiger partial charge in [-0.25, -0.2) is 0 Å². The molecule has 0 spiro atoms. The zero-order chi connectivity index (χ0) is 7.56. The zero-order valence-electron chi connectivity index (χ0n) is 6.39. The van der Waals surface area contributed by atoms with Crippen LogP contribution in [0.25, 0.3) is 0 Å². The second-order valence-electron chi connectivity index (χ2n) is 2.40. The van der Waals surface area contributed by atoms with Gasteiger partial charge >= 0.3 is 0 Å². The molecule has 2 N–H and O–H groups in total. The molecule has 0 aliphatic carbocycles. The second-order valence-corrected chi connectivity index (χ2v) is 2.40. The average molecular weight is 136 g/mol. The van der Waals surface area contributed by atoms with Crippen LogP contribution in [0, 0.1) is 13.8 Å². The summed E-state index contributed by atoms with van der Waals surface area (Å²) in [6.07, 6.45) is 0. The van der Waals surface area contributed by atoms with Gasteiger partial charge in [-0.2, -0.15) is 0 Å². The summed E-state index contributed by atoms with van der Waals surface area (Å²) in [6.45, 7) is 4.54. The van der Waals surface area contributed by atoms with E-state index in [-0.39, 0.29) is 0 Å². The first kappa shape index (κ1) is 7.22. The quantitative estimate of drug-likeness (QED) is 0.629. The smallest absolute Gasteiger partial charge is 0.0420 e. The lowest BCUT2D eigenvalue weighted by molar-refractivity contribution is 0.990. The Morgan fingerprint density at radius 3 is 2.60 bits per heavy atom. The van der Waals surface area contributed by atoms with Crippen molar-refractivity contribution >= 4 is 0 Å². The third-order valence-corrected chi connectivity index (χ3v) is 1.55. The van der Waals surface area contributed by atoms with Gasteiger partial charge in [0.2, 0.25) is 0 Å². The number of nitrogens with zero attached hydrogens (tertiary/aromatic N) is 1. The highest BCUT2D eigenvalue weighted by Gasteiger charge is 1.95. The molecule has 0 atom stereocenters. The molecule has 2 heteroatoms. The van der Waals surface area contributed by atoms with Crippen LogP contribution in [0.2, 0.25) is 0 Å². The molecule has 2 nitrogen and oxygen atoms in total. The van der Waals surface area contributed by atoms with Gasteiger partial charge in [0.25, 0.3) is 0 Å². The Kier molecular flexibility index (Phi) is 2.02. The van der Waals surface area contributed by atoms with E-state index in [0.717, 1.165) is 17.0 Å². The van der Waals surface area contributed by atoms with Crippen LogP contribution < -0.4 is 5.73 Å². The molecule has 0 unspecified atom stereocenters. The lowest BCUT2D eigenvalue weighted by Crippen LogP contribution is -2.00. The van der Waals surface area contributed by atoms with E-state index in [1.807, 2.05) is 26.0 Å². The van der Waals surface area contributed by atoms with E-state index >= 15 is 0 Å². The number of rotatable bonds is 1. The first-order chi connectivity index (χ1) is 4.74. The monoisotopic (exact) mass is 136 g/mol. The largest absolute Gasteiger partial charge is 0.326 e. The van der Waals surface area contributed by atoms with E-state index in [4.69, 9.17) is 5.73 Å². The van der Waals surface area contributed by atoms with Crippen molar-refractivity contribution in [2.75, 3.05) is 0 Å². The number of hydrogen-bond donors (Lipinski definition) is 1. The highest BCUT2D eigenvalue weighted by atomic mass is 14.7. The van der Waals surface area contributed by atoms with E-state index in [1.165, 1.54) is 0 Å². The maximum atomic E-state index is 5.46. The maximum absolute atomic E-state index is 5.46. The van der Waals surface area contributed by atoms with Crippen molar-refractivity contribution in [2.24, 2.45) is 5.73 Å². The van der Waals surface area contributed by atoms with Crippen LogP contribution in [0.3, 0.4) is 0 Å². The molecule has 0 amide bonds. The van der Waals surface area contributed by atoms with Gasteiger partial charge in [-0.05, 0) is 25.5 Å². The minimum absolute atomic E-state index is 0.582. The third-order valence-electron chi connectivity index (χ3n) is 1.55. The van der Waals surface area contributed by atoms with Gasteiger partial charge in [-0.15, -0.1) is 0 Å². The zero-order valence-corrected chi connectivity index (χ0v) is 6.39. The molecule has 1 rings (SSSR count). The Morgan fingerprint density at radius 2 is 2.10 bits per heavy atom. The summed E-state index contributed by atoms with van der Waals surface area (Å²) in [6, 6.07) is 4.01. The molecule has 0 aliphatic heterocycles. The molecule has 0 radical (unpaired) electrons. The molecular formula is C8H12N2. The molecule has 1 aromatic rings. The first-order valence-corrected chi connectivity index (χ1v) is 3.37. The summed E-state index contributed by atoms with van der Waals surface area (Å²) in [7, 11) is 0. The molecule has 0 aromatic carbocycles. The van der Waals surface area contributed by atoms with Crippen molar-refractivity contribution in [3.8, 4) is 0 Å². The Hall–Kier alpha value is -0.890. The molecule has 1 aromatic heterocycles. The van der Waals surface area contributed by atoms with Crippen molar-refractivity contribution in [1.82, 2.24) is 4.98 Å². The second kappa shape index (κ2) is 2.80. The fraction of sp³-hybridized carbons (Fsp3) is 0.375. The number of aromatic nitrogens is 1. The predicted octanol–water partition coefficient (Wildman–Crippen LogP) is 1.16. The van der Waals surface area contributed by atoms with E-state index in [0.29, 0.717) is 6.54 Å². The standard InChI is InChI=1S/C8H12N2/c1-6-3-4-8(5-9)7(2)10-6/h3-4H,5,9H2,1-2H3. The molecule has 1 heterocycles. The van der Waals surface area contributed by atoms with Gasteiger partial charge in [0.05, 0.1) is 0 Å². The average Bonchev–Trinajstić information content (AvgIpc) is 1.88. The van der Waals surface area contributed by atoms with Gasteiger partial charge < -0.3 is 5.73 Å². The number of nitrogens with two attached hydrogens (primary N) is 1. The summed E-state index contributed by atoms with van der Waals surface area (Å²) in [5, 5.41) is 0. The fourth-order valence-electron chi connectivity index (χ4n) is 0.931. The van der Waals surface area contributed by atoms with Crippen molar-refractivity contribution in [2.45, 2.75) is 20.4 Å². The Bertz CT molecular complexity index is 231. The maximum Gasteiger partial charge on any atom is 0.0420 e. The molecule has 54 valence electrons. The molecule has 10 heavy (non-hydrogen) atoms.